The predicted molar refractivity (Wildman–Crippen MR) is 165 cm³/mol. The van der Waals surface area contributed by atoms with Crippen LogP contribution in [0.15, 0.2) is 48.0 Å². The van der Waals surface area contributed by atoms with E-state index < -0.39 is 41.8 Å². The summed E-state index contributed by atoms with van der Waals surface area (Å²) in [5.74, 6) is -0.568. The topological polar surface area (TPSA) is 129 Å². The lowest BCUT2D eigenvalue weighted by molar-refractivity contribution is -0.137. The van der Waals surface area contributed by atoms with E-state index in [1.165, 1.54) is 18.1 Å². The van der Waals surface area contributed by atoms with Gasteiger partial charge >= 0.3 is 6.18 Å². The maximum absolute atomic E-state index is 13.8. The van der Waals surface area contributed by atoms with Crippen LogP contribution >= 0.6 is 22.6 Å². The number of carbonyl (C=O) groups is 2. The summed E-state index contributed by atoms with van der Waals surface area (Å²) in [4.78, 5) is 28.3. The smallest absolute Gasteiger partial charge is 0.416 e. The van der Waals surface area contributed by atoms with Crippen LogP contribution in [0.3, 0.4) is 0 Å². The van der Waals surface area contributed by atoms with Crippen LogP contribution in [0.2, 0.25) is 0 Å². The summed E-state index contributed by atoms with van der Waals surface area (Å²) in [5.41, 5.74) is -0.106. The SMILES string of the molecule is CCCCCCN(C(=O)c1ccc(C(F)(F)F)cc1)C1CC(C(=O)NCCO)=CC(Oc2c(I)cc(CO)cc2OC)C1O. The van der Waals surface area contributed by atoms with E-state index in [-0.39, 0.29) is 55.4 Å². The molecule has 0 saturated heterocycles. The number of rotatable bonds is 14. The van der Waals surface area contributed by atoms with E-state index in [0.717, 1.165) is 43.5 Å². The van der Waals surface area contributed by atoms with E-state index in [9.17, 15) is 38.1 Å². The molecule has 242 valence electrons. The van der Waals surface area contributed by atoms with Crippen molar-refractivity contribution in [3.05, 3.63) is 68.3 Å². The number of benzene rings is 2. The predicted octanol–water partition coefficient (Wildman–Crippen LogP) is 4.45. The van der Waals surface area contributed by atoms with Gasteiger partial charge in [-0.2, -0.15) is 13.2 Å². The molecule has 3 atom stereocenters. The van der Waals surface area contributed by atoms with Crippen molar-refractivity contribution in [2.24, 2.45) is 0 Å². The molecule has 0 bridgehead atoms. The fraction of sp³-hybridized carbons (Fsp3) is 0.484. The van der Waals surface area contributed by atoms with Crippen LogP contribution in [-0.4, -0.2) is 77.1 Å². The summed E-state index contributed by atoms with van der Waals surface area (Å²) in [6.45, 7) is 1.66. The van der Waals surface area contributed by atoms with E-state index in [2.05, 4.69) is 5.32 Å². The molecule has 1 aliphatic rings. The van der Waals surface area contributed by atoms with E-state index in [1.54, 1.807) is 12.1 Å². The Morgan fingerprint density at radius 1 is 1.11 bits per heavy atom. The zero-order chi connectivity index (χ0) is 32.4. The molecular formula is C31H38F3IN2O7. The molecule has 2 amide bonds. The second-order valence-electron chi connectivity index (χ2n) is 10.4. The normalized spacial score (nSPS) is 18.4. The first-order valence-corrected chi connectivity index (χ1v) is 15.4. The maximum Gasteiger partial charge on any atom is 0.416 e. The highest BCUT2D eigenvalue weighted by Crippen LogP contribution is 2.37. The third kappa shape index (κ3) is 9.08. The van der Waals surface area contributed by atoms with Crippen molar-refractivity contribution in [1.82, 2.24) is 10.2 Å². The Labute approximate surface area is 268 Å². The van der Waals surface area contributed by atoms with Crippen LogP contribution in [0.1, 0.15) is 60.5 Å². The number of nitrogens with one attached hydrogen (secondary N) is 1. The fourth-order valence-electron chi connectivity index (χ4n) is 4.99. The van der Waals surface area contributed by atoms with Crippen molar-refractivity contribution in [1.29, 1.82) is 0 Å². The second kappa shape index (κ2) is 16.4. The van der Waals surface area contributed by atoms with Crippen molar-refractivity contribution in [2.75, 3.05) is 26.8 Å². The molecule has 0 radical (unpaired) electrons. The fourth-order valence-corrected chi connectivity index (χ4v) is 5.78. The zero-order valence-electron chi connectivity index (χ0n) is 24.6. The average Bonchev–Trinajstić information content (AvgIpc) is 3.01. The van der Waals surface area contributed by atoms with Gasteiger partial charge in [-0.25, -0.2) is 0 Å². The third-order valence-electron chi connectivity index (χ3n) is 7.31. The molecule has 0 spiro atoms. The summed E-state index contributed by atoms with van der Waals surface area (Å²) in [6.07, 6.45) is -2.46. The first-order valence-electron chi connectivity index (χ1n) is 14.3. The molecule has 0 aliphatic heterocycles. The standard InChI is InChI=1S/C31H38F3IN2O7/c1-3-4-5-6-12-37(30(42)20-7-9-22(10-8-20)31(32,33)34)24-16-21(29(41)36-11-13-38)17-25(27(24)40)44-28-23(35)14-19(18-39)15-26(28)43-2/h7-10,14-15,17,24-25,27,38-40H,3-6,11-13,16,18H2,1-2H3,(H,36,41). The van der Waals surface area contributed by atoms with Crippen LogP contribution < -0.4 is 14.8 Å². The highest BCUT2D eigenvalue weighted by atomic mass is 127. The van der Waals surface area contributed by atoms with Gasteiger partial charge in [0.25, 0.3) is 5.91 Å². The number of carbonyl (C=O) groups excluding carboxylic acids is 2. The van der Waals surface area contributed by atoms with Gasteiger partial charge in [0, 0.05) is 30.6 Å². The van der Waals surface area contributed by atoms with Crippen molar-refractivity contribution in [3.63, 3.8) is 0 Å². The lowest BCUT2D eigenvalue weighted by Crippen LogP contribution is -2.55. The Morgan fingerprint density at radius 3 is 2.41 bits per heavy atom. The van der Waals surface area contributed by atoms with Crippen LogP contribution in [0.4, 0.5) is 13.2 Å². The number of hydrogen-bond donors (Lipinski definition) is 4. The Balaban J connectivity index is 2.03. The second-order valence-corrected chi connectivity index (χ2v) is 11.6. The van der Waals surface area contributed by atoms with Crippen LogP contribution in [-0.2, 0) is 17.6 Å². The maximum atomic E-state index is 13.8. The molecule has 0 aromatic heterocycles. The molecule has 0 fully saturated rings. The summed E-state index contributed by atoms with van der Waals surface area (Å²) in [6, 6.07) is 6.17. The first-order chi connectivity index (χ1) is 20.9. The molecule has 9 nitrogen and oxygen atoms in total. The molecule has 13 heteroatoms. The van der Waals surface area contributed by atoms with Crippen LogP contribution in [0.5, 0.6) is 11.5 Å². The summed E-state index contributed by atoms with van der Waals surface area (Å²) >= 11 is 2.00. The van der Waals surface area contributed by atoms with Gasteiger partial charge in [-0.15, -0.1) is 0 Å². The number of aliphatic hydroxyl groups is 3. The van der Waals surface area contributed by atoms with Gasteiger partial charge in [-0.3, -0.25) is 9.59 Å². The minimum Gasteiger partial charge on any atom is -0.493 e. The van der Waals surface area contributed by atoms with Crippen LogP contribution in [0, 0.1) is 3.57 Å². The van der Waals surface area contributed by atoms with Gasteiger partial charge in [-0.1, -0.05) is 26.2 Å². The van der Waals surface area contributed by atoms with Crippen molar-refractivity contribution < 1.29 is 47.6 Å². The number of ether oxygens (including phenoxy) is 2. The number of aliphatic hydroxyl groups excluding tert-OH is 3. The van der Waals surface area contributed by atoms with Crippen LogP contribution in [0.25, 0.3) is 0 Å². The van der Waals surface area contributed by atoms with Gasteiger partial charge in [-0.05, 0) is 77.0 Å². The number of methoxy groups -OCH3 is 1. The quantitative estimate of drug-likeness (QED) is 0.167. The van der Waals surface area contributed by atoms with E-state index >= 15 is 0 Å². The molecule has 2 aromatic rings. The largest absolute Gasteiger partial charge is 0.493 e. The van der Waals surface area contributed by atoms with E-state index in [1.807, 2.05) is 29.5 Å². The zero-order valence-corrected chi connectivity index (χ0v) is 26.7. The first kappa shape index (κ1) is 35.6. The molecular weight excluding hydrogens is 696 g/mol. The number of nitrogens with zero attached hydrogens (tertiary/aromatic N) is 1. The molecule has 3 unspecified atom stereocenters. The van der Waals surface area contributed by atoms with Gasteiger partial charge in [0.2, 0.25) is 5.91 Å². The Morgan fingerprint density at radius 2 is 1.82 bits per heavy atom. The van der Waals surface area contributed by atoms with Crippen molar-refractivity contribution in [3.8, 4) is 11.5 Å². The molecule has 2 aromatic carbocycles. The van der Waals surface area contributed by atoms with Gasteiger partial charge in [0.15, 0.2) is 11.5 Å². The summed E-state index contributed by atoms with van der Waals surface area (Å²) in [7, 11) is 1.42. The number of hydrogen-bond acceptors (Lipinski definition) is 7. The van der Waals surface area contributed by atoms with Crippen molar-refractivity contribution >= 4 is 34.4 Å². The average molecular weight is 735 g/mol. The molecule has 0 heterocycles. The third-order valence-corrected chi connectivity index (χ3v) is 8.11. The lowest BCUT2D eigenvalue weighted by Gasteiger charge is -2.41. The lowest BCUT2D eigenvalue weighted by atomic mass is 9.87. The highest BCUT2D eigenvalue weighted by Gasteiger charge is 2.41. The van der Waals surface area contributed by atoms with Crippen molar-refractivity contribution in [2.45, 2.75) is 70.1 Å². The highest BCUT2D eigenvalue weighted by molar-refractivity contribution is 14.1. The molecule has 3 rings (SSSR count). The minimum absolute atomic E-state index is 0.00908. The Kier molecular flexibility index (Phi) is 13.3. The Bertz CT molecular complexity index is 1300. The van der Waals surface area contributed by atoms with E-state index in [0.29, 0.717) is 15.6 Å². The summed E-state index contributed by atoms with van der Waals surface area (Å²) < 4.78 is 51.8. The molecule has 1 aliphatic carbocycles. The minimum atomic E-state index is -4.57. The Hall–Kier alpha value is -2.88. The van der Waals surface area contributed by atoms with Gasteiger partial charge in [0.1, 0.15) is 12.2 Å². The van der Waals surface area contributed by atoms with Gasteiger partial charge < -0.3 is 35.0 Å². The van der Waals surface area contributed by atoms with E-state index in [4.69, 9.17) is 9.47 Å². The molecule has 0 saturated carbocycles. The number of alkyl halides is 3. The molecule has 4 N–H and O–H groups in total. The van der Waals surface area contributed by atoms with Gasteiger partial charge in [0.05, 0.1) is 35.5 Å². The molecule has 44 heavy (non-hydrogen) atoms. The monoisotopic (exact) mass is 734 g/mol. The summed E-state index contributed by atoms with van der Waals surface area (Å²) in [5, 5.41) is 33.1. The number of unbranched alkanes of at least 4 members (excludes halogenated alkanes) is 3. The number of halogens is 4. The number of amides is 2.